The first-order valence-electron chi connectivity index (χ1n) is 6.83. The predicted octanol–water partition coefficient (Wildman–Crippen LogP) is 4.53. The number of nitrogens with zero attached hydrogens (tertiary/aromatic N) is 2. The second-order valence-corrected chi connectivity index (χ2v) is 5.71. The highest BCUT2D eigenvalue weighted by molar-refractivity contribution is 6.20. The summed E-state index contributed by atoms with van der Waals surface area (Å²) in [6, 6.07) is 6.06. The van der Waals surface area contributed by atoms with E-state index in [0.717, 1.165) is 35.6 Å². The van der Waals surface area contributed by atoms with Gasteiger partial charge in [-0.1, -0.05) is 6.92 Å². The Morgan fingerprint density at radius 2 is 2.05 bits per heavy atom. The maximum atomic E-state index is 6.23. The molecule has 2 rings (SSSR count). The van der Waals surface area contributed by atoms with Crippen LogP contribution in [0.5, 0.6) is 5.75 Å². The maximum absolute atomic E-state index is 6.23. The first-order valence-corrected chi connectivity index (χ1v) is 7.27. The van der Waals surface area contributed by atoms with E-state index in [0.29, 0.717) is 0 Å². The molecule has 0 fully saturated rings. The van der Waals surface area contributed by atoms with Gasteiger partial charge < -0.3 is 9.30 Å². The second kappa shape index (κ2) is 5.83. The second-order valence-electron chi connectivity index (χ2n) is 5.05. The molecule has 0 saturated carbocycles. The molecular formula is C15H21ClN2O. The highest BCUT2D eigenvalue weighted by Gasteiger charge is 2.15. The molecule has 1 aromatic heterocycles. The number of halogens is 1. The number of aromatic nitrogens is 2. The molecule has 0 amide bonds. The first-order chi connectivity index (χ1) is 9.02. The molecule has 3 nitrogen and oxygen atoms in total. The lowest BCUT2D eigenvalue weighted by Gasteiger charge is -2.10. The molecular weight excluding hydrogens is 260 g/mol. The van der Waals surface area contributed by atoms with E-state index < -0.39 is 0 Å². The minimum atomic E-state index is -0.0894. The fourth-order valence-corrected chi connectivity index (χ4v) is 2.40. The van der Waals surface area contributed by atoms with E-state index in [2.05, 4.69) is 22.5 Å². The Labute approximate surface area is 119 Å². The molecule has 104 valence electrons. The van der Waals surface area contributed by atoms with Gasteiger partial charge in [0.05, 0.1) is 22.5 Å². The minimum Gasteiger partial charge on any atom is -0.491 e. The summed E-state index contributed by atoms with van der Waals surface area (Å²) in [5.74, 6) is 1.79. The Morgan fingerprint density at radius 1 is 1.32 bits per heavy atom. The lowest BCUT2D eigenvalue weighted by Crippen LogP contribution is -2.05. The largest absolute Gasteiger partial charge is 0.491 e. The highest BCUT2D eigenvalue weighted by atomic mass is 35.5. The van der Waals surface area contributed by atoms with E-state index in [-0.39, 0.29) is 11.5 Å². The van der Waals surface area contributed by atoms with Crippen molar-refractivity contribution in [2.75, 3.05) is 0 Å². The lowest BCUT2D eigenvalue weighted by atomic mass is 10.3. The summed E-state index contributed by atoms with van der Waals surface area (Å²) < 4.78 is 7.91. The van der Waals surface area contributed by atoms with Crippen LogP contribution in [0, 0.1) is 0 Å². The smallest absolute Gasteiger partial charge is 0.127 e. The number of benzene rings is 1. The number of aryl methyl sites for hydroxylation is 1. The average molecular weight is 281 g/mol. The van der Waals surface area contributed by atoms with E-state index in [4.69, 9.17) is 16.3 Å². The molecule has 0 aliphatic heterocycles. The van der Waals surface area contributed by atoms with Crippen molar-refractivity contribution in [1.29, 1.82) is 0 Å². The van der Waals surface area contributed by atoms with Gasteiger partial charge in [-0.25, -0.2) is 4.98 Å². The highest BCUT2D eigenvalue weighted by Crippen LogP contribution is 2.27. The first kappa shape index (κ1) is 14.2. The summed E-state index contributed by atoms with van der Waals surface area (Å²) in [6.45, 7) is 9.09. The van der Waals surface area contributed by atoms with Gasteiger partial charge in [0, 0.05) is 12.6 Å². The zero-order chi connectivity index (χ0) is 14.0. The molecule has 19 heavy (non-hydrogen) atoms. The molecule has 0 bridgehead atoms. The van der Waals surface area contributed by atoms with Gasteiger partial charge in [-0.05, 0) is 39.3 Å². The summed E-state index contributed by atoms with van der Waals surface area (Å²) >= 11 is 6.23. The van der Waals surface area contributed by atoms with Crippen molar-refractivity contribution in [2.24, 2.45) is 0 Å². The van der Waals surface area contributed by atoms with E-state index >= 15 is 0 Å². The van der Waals surface area contributed by atoms with Crippen LogP contribution in [0.2, 0.25) is 0 Å². The van der Waals surface area contributed by atoms with Gasteiger partial charge in [0.15, 0.2) is 0 Å². The zero-order valence-corrected chi connectivity index (χ0v) is 12.7. The van der Waals surface area contributed by atoms with Crippen LogP contribution in [0.3, 0.4) is 0 Å². The molecule has 0 aliphatic carbocycles. The normalized spacial score (nSPS) is 13.2. The van der Waals surface area contributed by atoms with E-state index in [1.54, 1.807) is 0 Å². The molecule has 0 aliphatic rings. The Bertz CT molecular complexity index is 561. The van der Waals surface area contributed by atoms with E-state index in [1.165, 1.54) is 0 Å². The quantitative estimate of drug-likeness (QED) is 0.752. The van der Waals surface area contributed by atoms with Crippen LogP contribution in [0.25, 0.3) is 11.0 Å². The molecule has 0 spiro atoms. The van der Waals surface area contributed by atoms with Crippen molar-refractivity contribution in [1.82, 2.24) is 9.55 Å². The van der Waals surface area contributed by atoms with Crippen LogP contribution in [-0.2, 0) is 6.54 Å². The molecule has 0 N–H and O–H groups in total. The molecule has 0 saturated heterocycles. The van der Waals surface area contributed by atoms with Crippen LogP contribution in [0.4, 0.5) is 0 Å². The summed E-state index contributed by atoms with van der Waals surface area (Å²) in [6.07, 6.45) is 1.23. The molecule has 1 aromatic carbocycles. The molecule has 1 unspecified atom stereocenters. The summed E-state index contributed by atoms with van der Waals surface area (Å²) in [4.78, 5) is 4.65. The van der Waals surface area contributed by atoms with E-state index in [1.807, 2.05) is 32.9 Å². The van der Waals surface area contributed by atoms with Gasteiger partial charge in [0.25, 0.3) is 0 Å². The van der Waals surface area contributed by atoms with Crippen LogP contribution < -0.4 is 4.74 Å². The zero-order valence-electron chi connectivity index (χ0n) is 12.0. The molecule has 1 atom stereocenters. The van der Waals surface area contributed by atoms with Crippen LogP contribution >= 0.6 is 11.6 Å². The van der Waals surface area contributed by atoms with Gasteiger partial charge in [-0.3, -0.25) is 0 Å². The summed E-state index contributed by atoms with van der Waals surface area (Å²) in [5.41, 5.74) is 2.08. The molecule has 4 heteroatoms. The fraction of sp³-hybridized carbons (Fsp3) is 0.533. The summed E-state index contributed by atoms with van der Waals surface area (Å²) in [7, 11) is 0. The Morgan fingerprint density at radius 3 is 2.63 bits per heavy atom. The van der Waals surface area contributed by atoms with Crippen LogP contribution in [0.15, 0.2) is 18.2 Å². The van der Waals surface area contributed by atoms with E-state index in [9.17, 15) is 0 Å². The van der Waals surface area contributed by atoms with Gasteiger partial charge in [0.2, 0.25) is 0 Å². The Kier molecular flexibility index (Phi) is 4.35. The Hall–Kier alpha value is -1.22. The topological polar surface area (TPSA) is 27.1 Å². The van der Waals surface area contributed by atoms with Gasteiger partial charge in [-0.2, -0.15) is 0 Å². The number of imidazole rings is 1. The minimum absolute atomic E-state index is 0.0894. The maximum Gasteiger partial charge on any atom is 0.127 e. The van der Waals surface area contributed by atoms with Gasteiger partial charge in [-0.15, -0.1) is 11.6 Å². The molecule has 0 radical (unpaired) electrons. The van der Waals surface area contributed by atoms with Gasteiger partial charge >= 0.3 is 0 Å². The standard InChI is InChI=1S/C15H21ClN2O/c1-5-8-18-14-7-6-12(19-10(2)3)9-13(14)17-15(18)11(4)16/h6-7,9-11H,5,8H2,1-4H3. The third-order valence-electron chi connectivity index (χ3n) is 2.92. The predicted molar refractivity (Wildman–Crippen MR) is 80.1 cm³/mol. The molecule has 1 heterocycles. The summed E-state index contributed by atoms with van der Waals surface area (Å²) in [5, 5.41) is -0.0894. The van der Waals surface area contributed by atoms with Crippen molar-refractivity contribution in [3.05, 3.63) is 24.0 Å². The number of hydrogen-bond donors (Lipinski definition) is 0. The number of ether oxygens (including phenoxy) is 1. The lowest BCUT2D eigenvalue weighted by molar-refractivity contribution is 0.242. The number of fused-ring (bicyclic) bond motifs is 1. The third kappa shape index (κ3) is 3.03. The van der Waals surface area contributed by atoms with Crippen molar-refractivity contribution in [2.45, 2.75) is 52.1 Å². The van der Waals surface area contributed by atoms with Crippen molar-refractivity contribution in [3.8, 4) is 5.75 Å². The van der Waals surface area contributed by atoms with Crippen molar-refractivity contribution < 1.29 is 4.74 Å². The third-order valence-corrected chi connectivity index (χ3v) is 3.12. The fourth-order valence-electron chi connectivity index (χ4n) is 2.24. The molecule has 2 aromatic rings. The van der Waals surface area contributed by atoms with Crippen molar-refractivity contribution >= 4 is 22.6 Å². The Balaban J connectivity index is 2.49. The average Bonchev–Trinajstić information content (AvgIpc) is 2.67. The van der Waals surface area contributed by atoms with Crippen LogP contribution in [-0.4, -0.2) is 15.7 Å². The van der Waals surface area contributed by atoms with Crippen LogP contribution in [0.1, 0.15) is 45.3 Å². The number of hydrogen-bond acceptors (Lipinski definition) is 2. The SMILES string of the molecule is CCCn1c(C(C)Cl)nc2cc(OC(C)C)ccc21. The van der Waals surface area contributed by atoms with Crippen molar-refractivity contribution in [3.63, 3.8) is 0 Å². The number of rotatable bonds is 5. The monoisotopic (exact) mass is 280 g/mol. The number of alkyl halides is 1. The van der Waals surface area contributed by atoms with Gasteiger partial charge in [0.1, 0.15) is 11.6 Å².